The molecular weight excluding hydrogens is 260 g/mol. The Hall–Kier alpha value is -0.790. The van der Waals surface area contributed by atoms with Crippen LogP contribution in [0.15, 0.2) is 28.0 Å². The van der Waals surface area contributed by atoms with Crippen molar-refractivity contribution in [3.05, 3.63) is 28.7 Å². The van der Waals surface area contributed by atoms with E-state index in [4.69, 9.17) is 0 Å². The predicted molar refractivity (Wildman–Crippen MR) is 69.8 cm³/mol. The molecule has 2 N–H and O–H groups in total. The van der Waals surface area contributed by atoms with Gasteiger partial charge < -0.3 is 4.98 Å². The van der Waals surface area contributed by atoms with Crippen LogP contribution < -0.4 is 10.3 Å². The summed E-state index contributed by atoms with van der Waals surface area (Å²) in [5.74, 6) is 0.898. The van der Waals surface area contributed by atoms with Crippen molar-refractivity contribution >= 4 is 21.8 Å². The highest BCUT2D eigenvalue weighted by molar-refractivity contribution is 7.98. The molecule has 96 valence electrons. The molecule has 0 aliphatic carbocycles. The maximum Gasteiger partial charge on any atom is 0.247 e. The fourth-order valence-electron chi connectivity index (χ4n) is 1.25. The minimum Gasteiger partial charge on any atom is -0.328 e. The normalized spacial score (nSPS) is 13.5. The number of nitrogens with one attached hydrogen (secondary N) is 2. The largest absolute Gasteiger partial charge is 0.328 e. The van der Waals surface area contributed by atoms with Crippen LogP contribution in [0.2, 0.25) is 0 Å². The van der Waals surface area contributed by atoms with E-state index in [1.165, 1.54) is 18.3 Å². The van der Waals surface area contributed by atoms with Crippen LogP contribution >= 0.6 is 11.8 Å². The first-order chi connectivity index (χ1) is 7.95. The molecule has 0 amide bonds. The summed E-state index contributed by atoms with van der Waals surface area (Å²) in [7, 11) is -3.54. The molecule has 1 rings (SSSR count). The van der Waals surface area contributed by atoms with E-state index in [9.17, 15) is 13.2 Å². The van der Waals surface area contributed by atoms with Crippen molar-refractivity contribution in [3.8, 4) is 0 Å². The van der Waals surface area contributed by atoms with Crippen LogP contribution in [0, 0.1) is 0 Å². The Kier molecular flexibility index (Phi) is 5.23. The van der Waals surface area contributed by atoms with E-state index < -0.39 is 10.0 Å². The summed E-state index contributed by atoms with van der Waals surface area (Å²) in [5, 5.41) is 0. The summed E-state index contributed by atoms with van der Waals surface area (Å²) in [4.78, 5) is 13.3. The quantitative estimate of drug-likeness (QED) is 0.805. The standard InChI is InChI=1S/C10H16N2O3S2/c1-8(5-6-16-2)12-17(14,15)9-3-4-10(13)11-7-9/h3-4,7-8,12H,5-6H2,1-2H3,(H,11,13). The minimum atomic E-state index is -3.54. The van der Waals surface area contributed by atoms with Crippen molar-refractivity contribution in [3.63, 3.8) is 0 Å². The van der Waals surface area contributed by atoms with Gasteiger partial charge in [-0.2, -0.15) is 11.8 Å². The van der Waals surface area contributed by atoms with Crippen molar-refractivity contribution in [2.45, 2.75) is 24.3 Å². The molecule has 0 aromatic carbocycles. The number of pyridine rings is 1. The molecule has 1 aromatic rings. The summed E-state index contributed by atoms with van der Waals surface area (Å²) >= 11 is 1.67. The molecule has 1 heterocycles. The van der Waals surface area contributed by atoms with Crippen LogP contribution in [-0.4, -0.2) is 31.5 Å². The van der Waals surface area contributed by atoms with Crippen LogP contribution in [0.5, 0.6) is 0 Å². The monoisotopic (exact) mass is 276 g/mol. The van der Waals surface area contributed by atoms with Crippen molar-refractivity contribution in [1.29, 1.82) is 0 Å². The number of hydrogen-bond acceptors (Lipinski definition) is 4. The third kappa shape index (κ3) is 4.53. The predicted octanol–water partition coefficient (Wildman–Crippen LogP) is 0.795. The van der Waals surface area contributed by atoms with Crippen LogP contribution in [-0.2, 0) is 10.0 Å². The summed E-state index contributed by atoms with van der Waals surface area (Å²) in [6.07, 6.45) is 3.94. The van der Waals surface area contributed by atoms with E-state index in [-0.39, 0.29) is 16.5 Å². The molecule has 0 radical (unpaired) electrons. The SMILES string of the molecule is CSCCC(C)NS(=O)(=O)c1ccc(=O)[nH]c1. The van der Waals surface area contributed by atoms with Gasteiger partial charge in [-0.25, -0.2) is 13.1 Å². The zero-order valence-electron chi connectivity index (χ0n) is 9.76. The third-order valence-electron chi connectivity index (χ3n) is 2.18. The number of aromatic amines is 1. The van der Waals surface area contributed by atoms with Gasteiger partial charge in [0.1, 0.15) is 0 Å². The lowest BCUT2D eigenvalue weighted by atomic mass is 10.3. The lowest BCUT2D eigenvalue weighted by Gasteiger charge is -2.13. The Morgan fingerprint density at radius 3 is 2.71 bits per heavy atom. The molecule has 1 atom stereocenters. The molecule has 1 unspecified atom stereocenters. The number of rotatable bonds is 6. The fraction of sp³-hybridized carbons (Fsp3) is 0.500. The average Bonchev–Trinajstić information content (AvgIpc) is 2.26. The second-order valence-electron chi connectivity index (χ2n) is 3.69. The highest BCUT2D eigenvalue weighted by Crippen LogP contribution is 2.07. The Morgan fingerprint density at radius 2 is 2.18 bits per heavy atom. The van der Waals surface area contributed by atoms with Crippen molar-refractivity contribution in [2.75, 3.05) is 12.0 Å². The van der Waals surface area contributed by atoms with Crippen LogP contribution in [0.1, 0.15) is 13.3 Å². The summed E-state index contributed by atoms with van der Waals surface area (Å²) < 4.78 is 26.3. The summed E-state index contributed by atoms with van der Waals surface area (Å²) in [5.41, 5.74) is -0.320. The second kappa shape index (κ2) is 6.23. The van der Waals surface area contributed by atoms with E-state index >= 15 is 0 Å². The van der Waals surface area contributed by atoms with Crippen molar-refractivity contribution in [1.82, 2.24) is 9.71 Å². The van der Waals surface area contributed by atoms with E-state index in [1.807, 2.05) is 13.2 Å². The van der Waals surface area contributed by atoms with Crippen LogP contribution in [0.25, 0.3) is 0 Å². The smallest absolute Gasteiger partial charge is 0.247 e. The highest BCUT2D eigenvalue weighted by atomic mass is 32.2. The molecule has 0 aliphatic heterocycles. The first kappa shape index (κ1) is 14.3. The van der Waals surface area contributed by atoms with Crippen molar-refractivity contribution in [2.24, 2.45) is 0 Å². The van der Waals surface area contributed by atoms with Gasteiger partial charge in [0.05, 0.1) is 4.90 Å². The number of sulfonamides is 1. The minimum absolute atomic E-state index is 0.0769. The number of thioether (sulfide) groups is 1. The molecule has 0 saturated heterocycles. The van der Waals surface area contributed by atoms with Gasteiger partial charge in [0.25, 0.3) is 0 Å². The van der Waals surface area contributed by atoms with Gasteiger partial charge in [-0.15, -0.1) is 0 Å². The van der Waals surface area contributed by atoms with Gasteiger partial charge in [-0.3, -0.25) is 4.79 Å². The molecule has 0 spiro atoms. The molecule has 0 fully saturated rings. The molecule has 0 saturated carbocycles. The topological polar surface area (TPSA) is 79.0 Å². The first-order valence-corrected chi connectivity index (χ1v) is 8.03. The molecule has 1 aromatic heterocycles. The second-order valence-corrected chi connectivity index (χ2v) is 6.39. The van der Waals surface area contributed by atoms with Crippen molar-refractivity contribution < 1.29 is 8.42 Å². The highest BCUT2D eigenvalue weighted by Gasteiger charge is 2.16. The first-order valence-electron chi connectivity index (χ1n) is 5.15. The number of hydrogen-bond donors (Lipinski definition) is 2. The Labute approximate surface area is 105 Å². The Balaban J connectivity index is 2.75. The van der Waals surface area contributed by atoms with Gasteiger partial charge >= 0.3 is 0 Å². The van der Waals surface area contributed by atoms with Crippen LogP contribution in [0.4, 0.5) is 0 Å². The zero-order chi connectivity index (χ0) is 12.9. The molecule has 0 bridgehead atoms. The summed E-state index contributed by atoms with van der Waals surface area (Å²) in [6, 6.07) is 2.36. The van der Waals surface area contributed by atoms with Gasteiger partial charge in [0, 0.05) is 18.3 Å². The molecule has 17 heavy (non-hydrogen) atoms. The Bertz CT molecular complexity index is 490. The van der Waals surface area contributed by atoms with Crippen LogP contribution in [0.3, 0.4) is 0 Å². The summed E-state index contributed by atoms with van der Waals surface area (Å²) in [6.45, 7) is 1.82. The van der Waals surface area contributed by atoms with Gasteiger partial charge in [0.2, 0.25) is 15.6 Å². The van der Waals surface area contributed by atoms with Gasteiger partial charge in [-0.05, 0) is 31.4 Å². The molecule has 5 nitrogen and oxygen atoms in total. The lowest BCUT2D eigenvalue weighted by molar-refractivity contribution is 0.556. The maximum atomic E-state index is 11.9. The third-order valence-corrected chi connectivity index (χ3v) is 4.41. The van der Waals surface area contributed by atoms with E-state index in [0.29, 0.717) is 0 Å². The number of H-pyrrole nitrogens is 1. The Morgan fingerprint density at radius 1 is 1.47 bits per heavy atom. The molecule has 0 aliphatic rings. The van der Waals surface area contributed by atoms with Gasteiger partial charge in [0.15, 0.2) is 0 Å². The lowest BCUT2D eigenvalue weighted by Crippen LogP contribution is -2.33. The number of aromatic nitrogens is 1. The van der Waals surface area contributed by atoms with Gasteiger partial charge in [-0.1, -0.05) is 0 Å². The molecular formula is C10H16N2O3S2. The van der Waals surface area contributed by atoms with E-state index in [1.54, 1.807) is 11.8 Å². The van der Waals surface area contributed by atoms with E-state index in [2.05, 4.69) is 9.71 Å². The average molecular weight is 276 g/mol. The molecule has 7 heteroatoms. The van der Waals surface area contributed by atoms with E-state index in [0.717, 1.165) is 12.2 Å². The zero-order valence-corrected chi connectivity index (χ0v) is 11.4. The fourth-order valence-corrected chi connectivity index (χ4v) is 3.08. The maximum absolute atomic E-state index is 11.9.